The first-order valence-corrected chi connectivity index (χ1v) is 10.3. The molecule has 0 amide bonds. The molecule has 0 saturated heterocycles. The third-order valence-corrected chi connectivity index (χ3v) is 5.81. The minimum Gasteiger partial charge on any atom is -0.460 e. The molecule has 4 nitrogen and oxygen atoms in total. The second-order valence-electron chi connectivity index (χ2n) is 8.33. The molecule has 0 aliphatic heterocycles. The van der Waals surface area contributed by atoms with Gasteiger partial charge < -0.3 is 9.47 Å². The summed E-state index contributed by atoms with van der Waals surface area (Å²) in [5, 5.41) is 2.11. The van der Waals surface area contributed by atoms with E-state index in [0.717, 1.165) is 29.2 Å². The maximum atomic E-state index is 12.3. The van der Waals surface area contributed by atoms with E-state index < -0.39 is 11.9 Å². The lowest BCUT2D eigenvalue weighted by molar-refractivity contribution is -0.166. The minimum atomic E-state index is -0.448. The molecule has 150 valence electrons. The summed E-state index contributed by atoms with van der Waals surface area (Å²) < 4.78 is 10.9. The number of fused-ring (bicyclic) bond motifs is 1. The van der Waals surface area contributed by atoms with E-state index in [0.29, 0.717) is 17.8 Å². The molecular formula is C24H30O4. The smallest absolute Gasteiger partial charge is 0.344 e. The Balaban J connectivity index is 1.53. The van der Waals surface area contributed by atoms with Crippen LogP contribution in [0.4, 0.5) is 0 Å². The number of carbonyl (C=O) groups excluding carboxylic acids is 2. The highest BCUT2D eigenvalue weighted by molar-refractivity contribution is 5.89. The number of hydrogen-bond donors (Lipinski definition) is 0. The van der Waals surface area contributed by atoms with Crippen molar-refractivity contribution in [1.82, 2.24) is 0 Å². The van der Waals surface area contributed by atoms with E-state index in [-0.39, 0.29) is 19.1 Å². The van der Waals surface area contributed by atoms with Gasteiger partial charge in [-0.3, -0.25) is 4.79 Å². The standard InChI is InChI=1S/C24H30O4/c1-16(2)20-12-11-17(3)13-22(20)28-24(26)15-27-23(25)14-19-9-6-8-18-7-4-5-10-21(18)19/h4-10,16-17,20,22H,11-15H2,1-3H3/t17-,20-,22+/m0/s1. The molecule has 2 aromatic rings. The monoisotopic (exact) mass is 382 g/mol. The summed E-state index contributed by atoms with van der Waals surface area (Å²) in [7, 11) is 0. The highest BCUT2D eigenvalue weighted by Crippen LogP contribution is 2.35. The van der Waals surface area contributed by atoms with Crippen LogP contribution in [0.3, 0.4) is 0 Å². The maximum Gasteiger partial charge on any atom is 0.344 e. The van der Waals surface area contributed by atoms with Gasteiger partial charge in [-0.05, 0) is 46.9 Å². The number of hydrogen-bond acceptors (Lipinski definition) is 4. The van der Waals surface area contributed by atoms with Crippen molar-refractivity contribution < 1.29 is 19.1 Å². The number of esters is 2. The van der Waals surface area contributed by atoms with Crippen molar-refractivity contribution >= 4 is 22.7 Å². The lowest BCUT2D eigenvalue weighted by Gasteiger charge is -2.36. The fraction of sp³-hybridized carbons (Fsp3) is 0.500. The van der Waals surface area contributed by atoms with Crippen LogP contribution in [0.2, 0.25) is 0 Å². The molecule has 28 heavy (non-hydrogen) atoms. The number of ether oxygens (including phenoxy) is 2. The van der Waals surface area contributed by atoms with Crippen LogP contribution in [0.5, 0.6) is 0 Å². The largest absolute Gasteiger partial charge is 0.460 e. The van der Waals surface area contributed by atoms with Crippen molar-refractivity contribution in [2.24, 2.45) is 17.8 Å². The van der Waals surface area contributed by atoms with Crippen molar-refractivity contribution in [3.8, 4) is 0 Å². The summed E-state index contributed by atoms with van der Waals surface area (Å²) in [4.78, 5) is 24.5. The lowest BCUT2D eigenvalue weighted by Crippen LogP contribution is -2.36. The molecule has 0 N–H and O–H groups in total. The fourth-order valence-corrected chi connectivity index (χ4v) is 4.25. The van der Waals surface area contributed by atoms with Gasteiger partial charge in [0.2, 0.25) is 0 Å². The van der Waals surface area contributed by atoms with Gasteiger partial charge in [-0.25, -0.2) is 4.79 Å². The molecule has 2 aromatic carbocycles. The summed E-state index contributed by atoms with van der Waals surface area (Å²) in [6, 6.07) is 13.8. The van der Waals surface area contributed by atoms with Crippen LogP contribution >= 0.6 is 0 Å². The Morgan fingerprint density at radius 1 is 1.04 bits per heavy atom. The highest BCUT2D eigenvalue weighted by atomic mass is 16.6. The molecule has 0 unspecified atom stereocenters. The Hall–Kier alpha value is -2.36. The SMILES string of the molecule is CC(C)[C@@H]1CC[C@H](C)C[C@H]1OC(=O)COC(=O)Cc1cccc2ccccc12. The Kier molecular flexibility index (Phi) is 6.71. The summed E-state index contributed by atoms with van der Waals surface area (Å²) in [5.41, 5.74) is 0.900. The Labute approximate surface area is 167 Å². The van der Waals surface area contributed by atoms with Crippen molar-refractivity contribution in [2.45, 2.75) is 52.6 Å². The average molecular weight is 383 g/mol. The van der Waals surface area contributed by atoms with Gasteiger partial charge in [0.15, 0.2) is 6.61 Å². The molecule has 3 atom stereocenters. The first-order chi connectivity index (χ1) is 13.4. The summed E-state index contributed by atoms with van der Waals surface area (Å²) >= 11 is 0. The average Bonchev–Trinajstić information content (AvgIpc) is 2.66. The van der Waals surface area contributed by atoms with Gasteiger partial charge in [-0.1, -0.05) is 69.7 Å². The fourth-order valence-electron chi connectivity index (χ4n) is 4.25. The van der Waals surface area contributed by atoms with Crippen LogP contribution in [0.25, 0.3) is 10.8 Å². The van der Waals surface area contributed by atoms with Gasteiger partial charge in [-0.2, -0.15) is 0 Å². The molecule has 1 aliphatic carbocycles. The minimum absolute atomic E-state index is 0.0759. The van der Waals surface area contributed by atoms with Gasteiger partial charge in [0.05, 0.1) is 6.42 Å². The summed E-state index contributed by atoms with van der Waals surface area (Å²) in [5.74, 6) is 0.550. The zero-order valence-electron chi connectivity index (χ0n) is 17.0. The first kappa shape index (κ1) is 20.4. The Bertz CT molecular complexity index is 821. The second kappa shape index (κ2) is 9.22. The van der Waals surface area contributed by atoms with Crippen LogP contribution < -0.4 is 0 Å². The van der Waals surface area contributed by atoms with E-state index in [4.69, 9.17) is 9.47 Å². The third kappa shape index (κ3) is 5.12. The van der Waals surface area contributed by atoms with Crippen molar-refractivity contribution in [1.29, 1.82) is 0 Å². The van der Waals surface area contributed by atoms with Crippen LogP contribution in [-0.2, 0) is 25.5 Å². The van der Waals surface area contributed by atoms with E-state index in [1.54, 1.807) is 0 Å². The molecule has 0 heterocycles. The van der Waals surface area contributed by atoms with Crippen molar-refractivity contribution in [3.05, 3.63) is 48.0 Å². The van der Waals surface area contributed by atoms with E-state index in [2.05, 4.69) is 20.8 Å². The predicted octanol–water partition coefficient (Wildman–Crippen LogP) is 4.93. The van der Waals surface area contributed by atoms with E-state index in [1.807, 2.05) is 42.5 Å². The van der Waals surface area contributed by atoms with E-state index in [9.17, 15) is 9.59 Å². The van der Waals surface area contributed by atoms with Crippen molar-refractivity contribution in [3.63, 3.8) is 0 Å². The molecule has 1 fully saturated rings. The van der Waals surface area contributed by atoms with Crippen LogP contribution in [-0.4, -0.2) is 24.6 Å². The van der Waals surface area contributed by atoms with Crippen molar-refractivity contribution in [2.75, 3.05) is 6.61 Å². The van der Waals surface area contributed by atoms with Gasteiger partial charge in [0.25, 0.3) is 0 Å². The van der Waals surface area contributed by atoms with Crippen LogP contribution in [0, 0.1) is 17.8 Å². The molecule has 3 rings (SSSR count). The highest BCUT2D eigenvalue weighted by Gasteiger charge is 2.33. The molecule has 1 saturated carbocycles. The first-order valence-electron chi connectivity index (χ1n) is 10.3. The maximum absolute atomic E-state index is 12.3. The molecule has 4 heteroatoms. The Morgan fingerprint density at radius 2 is 1.79 bits per heavy atom. The molecule has 1 aliphatic rings. The van der Waals surface area contributed by atoms with Crippen LogP contribution in [0.1, 0.15) is 45.6 Å². The second-order valence-corrected chi connectivity index (χ2v) is 8.33. The summed E-state index contributed by atoms with van der Waals surface area (Å²) in [6.07, 6.45) is 3.21. The summed E-state index contributed by atoms with van der Waals surface area (Å²) in [6.45, 7) is 6.22. The number of benzene rings is 2. The molecule has 0 aromatic heterocycles. The number of carbonyl (C=O) groups is 2. The van der Waals surface area contributed by atoms with Gasteiger partial charge >= 0.3 is 11.9 Å². The normalized spacial score (nSPS) is 22.2. The lowest BCUT2D eigenvalue weighted by atomic mass is 9.75. The van der Waals surface area contributed by atoms with Gasteiger partial charge in [0, 0.05) is 0 Å². The van der Waals surface area contributed by atoms with Gasteiger partial charge in [-0.15, -0.1) is 0 Å². The van der Waals surface area contributed by atoms with Crippen LogP contribution in [0.15, 0.2) is 42.5 Å². The molecule has 0 radical (unpaired) electrons. The molecule has 0 spiro atoms. The predicted molar refractivity (Wildman–Crippen MR) is 110 cm³/mol. The van der Waals surface area contributed by atoms with E-state index in [1.165, 1.54) is 6.42 Å². The zero-order valence-corrected chi connectivity index (χ0v) is 17.0. The topological polar surface area (TPSA) is 52.6 Å². The third-order valence-electron chi connectivity index (χ3n) is 5.81. The molecule has 0 bridgehead atoms. The Morgan fingerprint density at radius 3 is 2.57 bits per heavy atom. The zero-order chi connectivity index (χ0) is 20.1. The quantitative estimate of drug-likeness (QED) is 0.665. The van der Waals surface area contributed by atoms with E-state index >= 15 is 0 Å². The number of rotatable bonds is 6. The van der Waals surface area contributed by atoms with Gasteiger partial charge in [0.1, 0.15) is 6.10 Å². The molecular weight excluding hydrogens is 352 g/mol.